The summed E-state index contributed by atoms with van der Waals surface area (Å²) in [7, 11) is 0. The fourth-order valence-corrected chi connectivity index (χ4v) is 2.20. The lowest BCUT2D eigenvalue weighted by atomic mass is 9.94. The van der Waals surface area contributed by atoms with Crippen molar-refractivity contribution in [1.29, 1.82) is 0 Å². The Kier molecular flexibility index (Phi) is 5.25. The smallest absolute Gasteiger partial charge is 0.317 e. The Morgan fingerprint density at radius 2 is 2.06 bits per heavy atom. The maximum atomic E-state index is 12.1. The molecule has 0 saturated carbocycles. The van der Waals surface area contributed by atoms with Gasteiger partial charge in [0.1, 0.15) is 0 Å². The molecular formula is C13H27N3O. The molecule has 1 saturated heterocycles. The number of amides is 2. The van der Waals surface area contributed by atoms with Crippen molar-refractivity contribution >= 4 is 6.03 Å². The Balaban J connectivity index is 2.47. The van der Waals surface area contributed by atoms with Gasteiger partial charge in [0.15, 0.2) is 0 Å². The van der Waals surface area contributed by atoms with Gasteiger partial charge < -0.3 is 16.0 Å². The average molecular weight is 241 g/mol. The predicted octanol–water partition coefficient (Wildman–Crippen LogP) is 1.95. The van der Waals surface area contributed by atoms with Crippen LogP contribution in [-0.4, -0.2) is 36.1 Å². The van der Waals surface area contributed by atoms with Gasteiger partial charge in [0, 0.05) is 18.6 Å². The average Bonchev–Trinajstić information content (AvgIpc) is 2.30. The molecule has 1 fully saturated rings. The molecule has 0 aromatic rings. The molecule has 0 bridgehead atoms. The van der Waals surface area contributed by atoms with Gasteiger partial charge in [0.2, 0.25) is 0 Å². The second kappa shape index (κ2) is 6.24. The summed E-state index contributed by atoms with van der Waals surface area (Å²) in [5, 5.41) is 3.14. The Morgan fingerprint density at radius 3 is 2.53 bits per heavy atom. The molecule has 1 aliphatic heterocycles. The van der Waals surface area contributed by atoms with Gasteiger partial charge >= 0.3 is 6.03 Å². The van der Waals surface area contributed by atoms with Crippen LogP contribution in [0.4, 0.5) is 4.79 Å². The Hall–Kier alpha value is -0.770. The summed E-state index contributed by atoms with van der Waals surface area (Å²) >= 11 is 0. The number of carbonyl (C=O) groups is 1. The van der Waals surface area contributed by atoms with Crippen molar-refractivity contribution in [3.8, 4) is 0 Å². The number of piperidine rings is 1. The third-order valence-electron chi connectivity index (χ3n) is 3.96. The van der Waals surface area contributed by atoms with E-state index < -0.39 is 0 Å². The van der Waals surface area contributed by atoms with E-state index in [1.807, 2.05) is 4.90 Å². The standard InChI is InChI=1S/C13H27N3O/c1-4-13(3,7-8-14)15-12(17)16-9-5-11(2)6-10-16/h11H,4-10,14H2,1-3H3,(H,15,17). The SMILES string of the molecule is CCC(C)(CCN)NC(=O)N1CCC(C)CC1. The topological polar surface area (TPSA) is 58.4 Å². The fraction of sp³-hybridized carbons (Fsp3) is 0.923. The molecule has 1 heterocycles. The molecule has 17 heavy (non-hydrogen) atoms. The molecule has 0 radical (unpaired) electrons. The lowest BCUT2D eigenvalue weighted by molar-refractivity contribution is 0.161. The summed E-state index contributed by atoms with van der Waals surface area (Å²) in [6.07, 6.45) is 3.99. The van der Waals surface area contributed by atoms with Crippen molar-refractivity contribution in [3.05, 3.63) is 0 Å². The second-order valence-corrected chi connectivity index (χ2v) is 5.55. The maximum absolute atomic E-state index is 12.1. The monoisotopic (exact) mass is 241 g/mol. The molecule has 1 rings (SSSR count). The van der Waals surface area contributed by atoms with E-state index >= 15 is 0 Å². The van der Waals surface area contributed by atoms with E-state index in [1.54, 1.807) is 0 Å². The first-order valence-corrected chi connectivity index (χ1v) is 6.78. The lowest BCUT2D eigenvalue weighted by Gasteiger charge is -2.35. The quantitative estimate of drug-likeness (QED) is 0.790. The molecule has 3 N–H and O–H groups in total. The van der Waals surface area contributed by atoms with E-state index in [0.717, 1.165) is 44.7 Å². The lowest BCUT2D eigenvalue weighted by Crippen LogP contribution is -2.53. The molecule has 4 heteroatoms. The van der Waals surface area contributed by atoms with Crippen LogP contribution in [0.5, 0.6) is 0 Å². The Labute approximate surface area is 105 Å². The van der Waals surface area contributed by atoms with Crippen molar-refractivity contribution < 1.29 is 4.79 Å². The molecule has 1 atom stereocenters. The molecule has 0 aromatic carbocycles. The normalized spacial score (nSPS) is 21.1. The van der Waals surface area contributed by atoms with Gasteiger partial charge in [-0.05, 0) is 45.1 Å². The van der Waals surface area contributed by atoms with Crippen LogP contribution in [0.15, 0.2) is 0 Å². The number of rotatable bonds is 4. The third kappa shape index (κ3) is 4.19. The van der Waals surface area contributed by atoms with Crippen molar-refractivity contribution in [2.45, 2.75) is 52.0 Å². The molecule has 4 nitrogen and oxygen atoms in total. The van der Waals surface area contributed by atoms with Gasteiger partial charge in [-0.2, -0.15) is 0 Å². The first-order chi connectivity index (χ1) is 8.00. The van der Waals surface area contributed by atoms with Gasteiger partial charge in [-0.3, -0.25) is 0 Å². The summed E-state index contributed by atoms with van der Waals surface area (Å²) < 4.78 is 0. The van der Waals surface area contributed by atoms with Crippen molar-refractivity contribution in [2.75, 3.05) is 19.6 Å². The highest BCUT2D eigenvalue weighted by atomic mass is 16.2. The van der Waals surface area contributed by atoms with E-state index in [1.165, 1.54) is 0 Å². The predicted molar refractivity (Wildman–Crippen MR) is 70.9 cm³/mol. The van der Waals surface area contributed by atoms with E-state index in [9.17, 15) is 4.79 Å². The molecule has 2 amide bonds. The van der Waals surface area contributed by atoms with Crippen LogP contribution in [0.1, 0.15) is 46.5 Å². The van der Waals surface area contributed by atoms with Crippen LogP contribution in [0.3, 0.4) is 0 Å². The summed E-state index contributed by atoms with van der Waals surface area (Å²) in [4.78, 5) is 14.1. The highest BCUT2D eigenvalue weighted by molar-refractivity contribution is 5.75. The third-order valence-corrected chi connectivity index (χ3v) is 3.96. The van der Waals surface area contributed by atoms with Gasteiger partial charge in [-0.1, -0.05) is 13.8 Å². The number of nitrogens with two attached hydrogens (primary N) is 1. The molecular weight excluding hydrogens is 214 g/mol. The van der Waals surface area contributed by atoms with Gasteiger partial charge in [-0.25, -0.2) is 4.79 Å². The Bertz CT molecular complexity index is 249. The zero-order valence-corrected chi connectivity index (χ0v) is 11.5. The summed E-state index contributed by atoms with van der Waals surface area (Å²) in [6.45, 7) is 8.80. The van der Waals surface area contributed by atoms with Crippen molar-refractivity contribution in [3.63, 3.8) is 0 Å². The number of hydrogen-bond donors (Lipinski definition) is 2. The van der Waals surface area contributed by atoms with E-state index in [-0.39, 0.29) is 11.6 Å². The number of hydrogen-bond acceptors (Lipinski definition) is 2. The van der Waals surface area contributed by atoms with Crippen LogP contribution in [-0.2, 0) is 0 Å². The maximum Gasteiger partial charge on any atom is 0.317 e. The van der Waals surface area contributed by atoms with Crippen molar-refractivity contribution in [1.82, 2.24) is 10.2 Å². The minimum absolute atomic E-state index is 0.0784. The zero-order chi connectivity index (χ0) is 12.9. The summed E-state index contributed by atoms with van der Waals surface area (Å²) in [5.74, 6) is 0.751. The number of carbonyl (C=O) groups excluding carboxylic acids is 1. The number of urea groups is 1. The largest absolute Gasteiger partial charge is 0.333 e. The van der Waals surface area contributed by atoms with Gasteiger partial charge in [0.25, 0.3) is 0 Å². The van der Waals surface area contributed by atoms with Gasteiger partial charge in [0.05, 0.1) is 0 Å². The van der Waals surface area contributed by atoms with Crippen LogP contribution >= 0.6 is 0 Å². The summed E-state index contributed by atoms with van der Waals surface area (Å²) in [5.41, 5.74) is 5.44. The van der Waals surface area contributed by atoms with E-state index in [0.29, 0.717) is 6.54 Å². The van der Waals surface area contributed by atoms with Crippen LogP contribution in [0.25, 0.3) is 0 Å². The first-order valence-electron chi connectivity index (χ1n) is 6.78. The van der Waals surface area contributed by atoms with E-state index in [4.69, 9.17) is 5.73 Å². The van der Waals surface area contributed by atoms with Crippen LogP contribution < -0.4 is 11.1 Å². The van der Waals surface area contributed by atoms with Gasteiger partial charge in [-0.15, -0.1) is 0 Å². The van der Waals surface area contributed by atoms with Crippen molar-refractivity contribution in [2.24, 2.45) is 11.7 Å². The molecule has 0 aromatic heterocycles. The van der Waals surface area contributed by atoms with E-state index in [2.05, 4.69) is 26.1 Å². The van der Waals surface area contributed by atoms with Crippen LogP contribution in [0.2, 0.25) is 0 Å². The summed E-state index contributed by atoms with van der Waals surface area (Å²) in [6, 6.07) is 0.0784. The second-order valence-electron chi connectivity index (χ2n) is 5.55. The minimum Gasteiger partial charge on any atom is -0.333 e. The Morgan fingerprint density at radius 1 is 1.47 bits per heavy atom. The minimum atomic E-state index is -0.158. The number of nitrogens with one attached hydrogen (secondary N) is 1. The number of nitrogens with zero attached hydrogens (tertiary/aromatic N) is 1. The number of likely N-dealkylation sites (tertiary alicyclic amines) is 1. The molecule has 0 aliphatic carbocycles. The molecule has 1 unspecified atom stereocenters. The van der Waals surface area contributed by atoms with Crippen LogP contribution in [0, 0.1) is 5.92 Å². The molecule has 1 aliphatic rings. The highest BCUT2D eigenvalue weighted by Gasteiger charge is 2.27. The molecule has 0 spiro atoms. The fourth-order valence-electron chi connectivity index (χ4n) is 2.20. The highest BCUT2D eigenvalue weighted by Crippen LogP contribution is 2.18. The molecule has 100 valence electrons. The first kappa shape index (κ1) is 14.3. The zero-order valence-electron chi connectivity index (χ0n) is 11.5.